The number of rotatable bonds is 0. The van der Waals surface area contributed by atoms with E-state index in [4.69, 9.17) is 0 Å². The summed E-state index contributed by atoms with van der Waals surface area (Å²) >= 11 is 0. The predicted molar refractivity (Wildman–Crippen MR) is 91.1 cm³/mol. The molecule has 0 atom stereocenters. The van der Waals surface area contributed by atoms with Crippen molar-refractivity contribution in [1.82, 2.24) is 0 Å². The Morgan fingerprint density at radius 2 is 1.40 bits per heavy atom. The van der Waals surface area contributed by atoms with Crippen molar-refractivity contribution in [2.45, 2.75) is 20.3 Å². The molecule has 4 heteroatoms. The van der Waals surface area contributed by atoms with E-state index in [9.17, 15) is 5.11 Å². The molecule has 0 heterocycles. The van der Waals surface area contributed by atoms with E-state index >= 15 is 0 Å². The maximum absolute atomic E-state index is 9.21. The fourth-order valence-electron chi connectivity index (χ4n) is 2.80. The third-order valence-corrected chi connectivity index (χ3v) is 4.06. The summed E-state index contributed by atoms with van der Waals surface area (Å²) in [6.45, 7) is 3.78. The second-order valence-corrected chi connectivity index (χ2v) is 5.64. The van der Waals surface area contributed by atoms with Crippen LogP contribution < -0.4 is 24.8 Å². The van der Waals surface area contributed by atoms with Gasteiger partial charge in [-0.2, -0.15) is 29.8 Å². The van der Waals surface area contributed by atoms with Crippen LogP contribution in [0.3, 0.4) is 0 Å². The van der Waals surface area contributed by atoms with E-state index in [1.54, 1.807) is 0 Å². The molecule has 0 spiro atoms. The number of aromatic hydroxyl groups is 1. The second kappa shape index (κ2) is 10.7. The van der Waals surface area contributed by atoms with Gasteiger partial charge in [0.2, 0.25) is 0 Å². The summed E-state index contributed by atoms with van der Waals surface area (Å²) in [5.74, 6) is 0.414. The van der Waals surface area contributed by atoms with E-state index in [-0.39, 0.29) is 46.5 Å². The Balaban J connectivity index is 0.000000435. The van der Waals surface area contributed by atoms with Gasteiger partial charge in [0.25, 0.3) is 0 Å². The minimum Gasteiger partial charge on any atom is -1.00 e. The molecule has 0 fully saturated rings. The number of phenols is 1. The summed E-state index contributed by atoms with van der Waals surface area (Å²) in [4.78, 5) is 0. The van der Waals surface area contributed by atoms with Crippen molar-refractivity contribution in [2.24, 2.45) is 0 Å². The number of phenolic OH excluding ortho intramolecular Hbond substituents is 1. The average molecular weight is 406 g/mol. The first-order chi connectivity index (χ1) is 10.7. The number of hydrogen-bond acceptors (Lipinski definition) is 1. The topological polar surface area (TPSA) is 20.2 Å². The van der Waals surface area contributed by atoms with Crippen LogP contribution in [0.15, 0.2) is 60.7 Å². The quantitative estimate of drug-likeness (QED) is 0.296. The van der Waals surface area contributed by atoms with Gasteiger partial charge >= 0.3 is 21.7 Å². The molecule has 1 nitrogen and oxygen atoms in total. The number of aryl methyl sites for hydroxylation is 2. The van der Waals surface area contributed by atoms with Crippen LogP contribution in [0.4, 0.5) is 0 Å². The van der Waals surface area contributed by atoms with Crippen molar-refractivity contribution in [1.29, 1.82) is 0 Å². The molecule has 0 aliphatic heterocycles. The van der Waals surface area contributed by atoms with E-state index in [0.717, 1.165) is 17.5 Å². The molecule has 1 aliphatic rings. The molecule has 25 heavy (non-hydrogen) atoms. The summed E-state index contributed by atoms with van der Waals surface area (Å²) in [6, 6.07) is 23.8. The van der Waals surface area contributed by atoms with Crippen molar-refractivity contribution in [3.05, 3.63) is 89.0 Å². The molecule has 0 amide bonds. The van der Waals surface area contributed by atoms with Crippen molar-refractivity contribution < 1.29 is 51.6 Å². The van der Waals surface area contributed by atoms with Gasteiger partial charge in [-0.3, -0.25) is 0 Å². The molecule has 1 aliphatic carbocycles. The maximum atomic E-state index is 9.21. The minimum absolute atomic E-state index is 0. The largest absolute Gasteiger partial charge is 3.00 e. The van der Waals surface area contributed by atoms with Gasteiger partial charge in [-0.05, 0) is 31.4 Å². The van der Waals surface area contributed by atoms with Crippen LogP contribution in [-0.4, -0.2) is 5.11 Å². The van der Waals surface area contributed by atoms with Gasteiger partial charge in [0.15, 0.2) is 0 Å². The molecule has 127 valence electrons. The average Bonchev–Trinajstić information content (AvgIpc) is 2.92. The Hall–Kier alpha value is -1.25. The first-order valence-corrected chi connectivity index (χ1v) is 7.50. The summed E-state index contributed by atoms with van der Waals surface area (Å²) in [5.41, 5.74) is 7.39. The molecule has 0 saturated heterocycles. The van der Waals surface area contributed by atoms with Gasteiger partial charge in [0, 0.05) is 0 Å². The fraction of sp³-hybridized carbons (Fsp3) is 0.143. The zero-order valence-corrected chi connectivity index (χ0v) is 17.3. The van der Waals surface area contributed by atoms with E-state index in [2.05, 4.69) is 42.5 Å². The summed E-state index contributed by atoms with van der Waals surface area (Å²) in [5, 5.41) is 9.21. The van der Waals surface area contributed by atoms with Gasteiger partial charge in [0.1, 0.15) is 5.75 Å². The molecule has 0 bridgehead atoms. The third-order valence-electron chi connectivity index (χ3n) is 4.06. The van der Waals surface area contributed by atoms with E-state index in [1.807, 2.05) is 38.1 Å². The number of para-hydroxylation sites is 1. The molecule has 1 radical (unpaired) electrons. The van der Waals surface area contributed by atoms with Crippen molar-refractivity contribution in [3.63, 3.8) is 0 Å². The van der Waals surface area contributed by atoms with Crippen LogP contribution in [-0.2, 0) is 28.1 Å². The monoisotopic (exact) mass is 405 g/mol. The summed E-state index contributed by atoms with van der Waals surface area (Å²) < 4.78 is 0. The molecular formula is C21H19Cl2OTi. The molecule has 4 rings (SSSR count). The van der Waals surface area contributed by atoms with Crippen molar-refractivity contribution >= 4 is 0 Å². The molecule has 1 N–H and O–H groups in total. The maximum Gasteiger partial charge on any atom is 3.00 e. The van der Waals surface area contributed by atoms with Crippen LogP contribution in [0.2, 0.25) is 0 Å². The van der Waals surface area contributed by atoms with Gasteiger partial charge in [-0.1, -0.05) is 53.6 Å². The molecule has 0 unspecified atom stereocenters. The normalized spacial score (nSPS) is 9.84. The summed E-state index contributed by atoms with van der Waals surface area (Å²) in [6.07, 6.45) is 1.05. The number of halogens is 2. The fourth-order valence-corrected chi connectivity index (χ4v) is 2.80. The number of benzene rings is 3. The first kappa shape index (κ1) is 23.8. The second-order valence-electron chi connectivity index (χ2n) is 5.64. The Labute approximate surface area is 177 Å². The van der Waals surface area contributed by atoms with Crippen LogP contribution >= 0.6 is 0 Å². The van der Waals surface area contributed by atoms with E-state index < -0.39 is 0 Å². The van der Waals surface area contributed by atoms with E-state index in [0.29, 0.717) is 5.75 Å². The molecule has 0 saturated carbocycles. The number of hydrogen-bond donors (Lipinski definition) is 1. The zero-order valence-electron chi connectivity index (χ0n) is 14.2. The number of fused-ring (bicyclic) bond motifs is 3. The van der Waals surface area contributed by atoms with Gasteiger partial charge in [0.05, 0.1) is 0 Å². The zero-order chi connectivity index (χ0) is 15.5. The third kappa shape index (κ3) is 5.36. The van der Waals surface area contributed by atoms with Crippen molar-refractivity contribution in [2.75, 3.05) is 0 Å². The van der Waals surface area contributed by atoms with Gasteiger partial charge in [-0.15, -0.1) is 5.56 Å². The molecule has 0 aromatic heterocycles. The van der Waals surface area contributed by atoms with Gasteiger partial charge < -0.3 is 29.9 Å². The predicted octanol–water partition coefficient (Wildman–Crippen LogP) is -0.927. The minimum atomic E-state index is 0. The Morgan fingerprint density at radius 3 is 2.04 bits per heavy atom. The van der Waals surface area contributed by atoms with E-state index in [1.165, 1.54) is 22.3 Å². The SMILES string of the molecule is Cc1cccc(C)c1O.[Cl-].[Cl-].[Ti+3].[c-]1cccc2c1Cc1ccccc1-2. The van der Waals surface area contributed by atoms with Crippen LogP contribution in [0.25, 0.3) is 11.1 Å². The smallest absolute Gasteiger partial charge is 1.00 e. The molecular weight excluding hydrogens is 387 g/mol. The van der Waals surface area contributed by atoms with Crippen LogP contribution in [0.1, 0.15) is 22.3 Å². The van der Waals surface area contributed by atoms with Crippen LogP contribution in [0, 0.1) is 19.9 Å². The molecule has 3 aromatic carbocycles. The van der Waals surface area contributed by atoms with Gasteiger partial charge in [-0.25, -0.2) is 0 Å². The van der Waals surface area contributed by atoms with Crippen LogP contribution in [0.5, 0.6) is 5.75 Å². The standard InChI is InChI=1S/C13H9.C8H10O.2ClH.Ti/c1-3-7-12-10(5-1)9-11-6-2-4-8-13(11)12;1-6-4-3-5-7(2)8(6)9;;;/h1-5,7-8H,9H2;3-5,9H,1-2H3;2*1H;/q-1;;;;+3/p-2. The summed E-state index contributed by atoms with van der Waals surface area (Å²) in [7, 11) is 0. The Morgan fingerprint density at radius 1 is 0.800 bits per heavy atom. The Kier molecular flexibility index (Phi) is 10.1. The first-order valence-electron chi connectivity index (χ1n) is 7.50. The van der Waals surface area contributed by atoms with Crippen molar-refractivity contribution in [3.8, 4) is 16.9 Å². The Bertz CT molecular complexity index is 755. The molecule has 3 aromatic rings.